The van der Waals surface area contributed by atoms with Gasteiger partial charge in [0.2, 0.25) is 5.95 Å². The molecule has 0 aliphatic heterocycles. The number of hydrogen-bond acceptors (Lipinski definition) is 4. The molecule has 0 spiro atoms. The van der Waals surface area contributed by atoms with E-state index in [1.807, 2.05) is 36.4 Å². The Bertz CT molecular complexity index is 1220. The van der Waals surface area contributed by atoms with Crippen molar-refractivity contribution >= 4 is 16.6 Å². The summed E-state index contributed by atoms with van der Waals surface area (Å²) in [7, 11) is 2.31. The summed E-state index contributed by atoms with van der Waals surface area (Å²) in [5, 5.41) is 1.28. The molecule has 5 nitrogen and oxygen atoms in total. The summed E-state index contributed by atoms with van der Waals surface area (Å²) in [4.78, 5) is 12.3. The topological polar surface area (TPSA) is 61.2 Å². The van der Waals surface area contributed by atoms with Crippen LogP contribution < -0.4 is 5.73 Å². The lowest BCUT2D eigenvalue weighted by molar-refractivity contribution is 0.186. The first-order valence-electron chi connectivity index (χ1n) is 14.5. The molecule has 2 aromatic heterocycles. The molecule has 4 aromatic rings. The van der Waals surface area contributed by atoms with Gasteiger partial charge in [-0.2, -0.15) is 4.39 Å². The number of unbranched alkanes of at least 4 members (excludes halogenated alkanes) is 2. The standard InChI is InChI=1S/C27H37FN4.C6H7N/c1-31(24-10-4-2-5-11-24)16-8-3-9-17-32(20-22-14-15-27(28)30-18-22)21-23-19-29-26-13-7-6-12-25(23)26;7-6-4-2-1-3-5-6/h6-7,12-15,18-19,24,29H,2-5,8-11,16-17,20-21H2,1H3;1-5H,7H2. The number of aromatic nitrogens is 2. The predicted molar refractivity (Wildman–Crippen MR) is 161 cm³/mol. The number of nitrogen functional groups attached to an aromatic ring is 1. The minimum Gasteiger partial charge on any atom is -0.399 e. The fraction of sp³-hybridized carbons (Fsp3) is 0.424. The summed E-state index contributed by atoms with van der Waals surface area (Å²) in [5.74, 6) is -0.418. The molecule has 39 heavy (non-hydrogen) atoms. The quantitative estimate of drug-likeness (QED) is 0.121. The molecule has 0 atom stereocenters. The van der Waals surface area contributed by atoms with E-state index in [2.05, 4.69) is 57.3 Å². The molecule has 2 heterocycles. The van der Waals surface area contributed by atoms with Gasteiger partial charge in [-0.25, -0.2) is 4.98 Å². The van der Waals surface area contributed by atoms with Crippen LogP contribution in [0.3, 0.4) is 0 Å². The number of anilines is 1. The zero-order valence-electron chi connectivity index (χ0n) is 23.4. The molecule has 1 saturated carbocycles. The maximum Gasteiger partial charge on any atom is 0.212 e. The molecule has 3 N–H and O–H groups in total. The van der Waals surface area contributed by atoms with E-state index in [9.17, 15) is 4.39 Å². The third-order valence-electron chi connectivity index (χ3n) is 7.75. The third-order valence-corrected chi connectivity index (χ3v) is 7.75. The van der Waals surface area contributed by atoms with E-state index in [-0.39, 0.29) is 0 Å². The molecule has 1 fully saturated rings. The minimum atomic E-state index is -0.418. The number of rotatable bonds is 11. The van der Waals surface area contributed by atoms with Crippen molar-refractivity contribution in [2.45, 2.75) is 70.5 Å². The zero-order chi connectivity index (χ0) is 27.3. The van der Waals surface area contributed by atoms with Crippen molar-refractivity contribution in [2.24, 2.45) is 0 Å². The summed E-state index contributed by atoms with van der Waals surface area (Å²) >= 11 is 0. The van der Waals surface area contributed by atoms with Crippen molar-refractivity contribution in [3.8, 4) is 0 Å². The van der Waals surface area contributed by atoms with E-state index in [4.69, 9.17) is 5.73 Å². The monoisotopic (exact) mass is 529 g/mol. The number of pyridine rings is 1. The van der Waals surface area contributed by atoms with Crippen LogP contribution in [0.1, 0.15) is 62.5 Å². The van der Waals surface area contributed by atoms with Crippen LogP contribution in [0.4, 0.5) is 10.1 Å². The number of fused-ring (bicyclic) bond motifs is 1. The average Bonchev–Trinajstić information content (AvgIpc) is 3.38. The Balaban J connectivity index is 0.000000438. The predicted octanol–water partition coefficient (Wildman–Crippen LogP) is 7.41. The zero-order valence-corrected chi connectivity index (χ0v) is 23.4. The Hall–Kier alpha value is -3.22. The number of hydrogen-bond donors (Lipinski definition) is 2. The SMILES string of the molecule is CN(CCCCCN(Cc1ccc(F)nc1)Cc1c[nH]c2ccccc12)C1CCCCC1.Nc1ccccc1. The number of nitrogens with one attached hydrogen (secondary N) is 1. The molecule has 0 radical (unpaired) electrons. The first kappa shape index (κ1) is 28.8. The Labute approximate surface area is 233 Å². The highest BCUT2D eigenvalue weighted by Gasteiger charge is 2.17. The molecule has 0 bridgehead atoms. The number of aromatic amines is 1. The molecular formula is C33H44FN5. The lowest BCUT2D eigenvalue weighted by Crippen LogP contribution is -2.34. The summed E-state index contributed by atoms with van der Waals surface area (Å²) in [6.07, 6.45) is 14.4. The molecule has 0 amide bonds. The molecule has 0 unspecified atom stereocenters. The van der Waals surface area contributed by atoms with Crippen LogP contribution in [0.15, 0.2) is 79.1 Å². The highest BCUT2D eigenvalue weighted by atomic mass is 19.1. The Morgan fingerprint density at radius 2 is 1.62 bits per heavy atom. The smallest absolute Gasteiger partial charge is 0.212 e. The van der Waals surface area contributed by atoms with Crippen LogP contribution in [-0.4, -0.2) is 45.9 Å². The van der Waals surface area contributed by atoms with Gasteiger partial charge < -0.3 is 15.6 Å². The van der Waals surface area contributed by atoms with E-state index >= 15 is 0 Å². The molecule has 2 aromatic carbocycles. The van der Waals surface area contributed by atoms with Crippen LogP contribution in [0.2, 0.25) is 0 Å². The van der Waals surface area contributed by atoms with Gasteiger partial charge in [-0.05, 0) is 81.2 Å². The molecule has 5 rings (SSSR count). The molecular weight excluding hydrogens is 485 g/mol. The van der Waals surface area contributed by atoms with Crippen LogP contribution in [0.5, 0.6) is 0 Å². The summed E-state index contributed by atoms with van der Waals surface area (Å²) in [5.41, 5.74) is 9.73. The summed E-state index contributed by atoms with van der Waals surface area (Å²) < 4.78 is 13.3. The first-order chi connectivity index (χ1) is 19.1. The van der Waals surface area contributed by atoms with Gasteiger partial charge in [-0.3, -0.25) is 4.90 Å². The van der Waals surface area contributed by atoms with E-state index in [1.54, 1.807) is 6.20 Å². The van der Waals surface area contributed by atoms with E-state index < -0.39 is 5.95 Å². The number of nitrogens with two attached hydrogens (primary N) is 1. The van der Waals surface area contributed by atoms with E-state index in [0.717, 1.165) is 36.9 Å². The van der Waals surface area contributed by atoms with Gasteiger partial charge in [-0.15, -0.1) is 0 Å². The normalized spacial score (nSPS) is 14.1. The Morgan fingerprint density at radius 1 is 0.872 bits per heavy atom. The minimum absolute atomic E-state index is 0.418. The van der Waals surface area contributed by atoms with Crippen molar-refractivity contribution in [3.63, 3.8) is 0 Å². The fourth-order valence-electron chi connectivity index (χ4n) is 5.51. The van der Waals surface area contributed by atoms with Gasteiger partial charge in [0.1, 0.15) is 0 Å². The number of para-hydroxylation sites is 2. The maximum atomic E-state index is 13.3. The van der Waals surface area contributed by atoms with Crippen molar-refractivity contribution in [1.82, 2.24) is 19.8 Å². The van der Waals surface area contributed by atoms with Gasteiger partial charge in [-0.1, -0.05) is 68.1 Å². The van der Waals surface area contributed by atoms with Gasteiger partial charge in [0.25, 0.3) is 0 Å². The maximum absolute atomic E-state index is 13.3. The van der Waals surface area contributed by atoms with Gasteiger partial charge in [0.15, 0.2) is 0 Å². The van der Waals surface area contributed by atoms with Crippen LogP contribution in [-0.2, 0) is 13.1 Å². The molecule has 208 valence electrons. The second-order valence-corrected chi connectivity index (χ2v) is 10.8. The summed E-state index contributed by atoms with van der Waals surface area (Å²) in [6.45, 7) is 3.90. The highest BCUT2D eigenvalue weighted by Crippen LogP contribution is 2.23. The number of benzene rings is 2. The Morgan fingerprint density at radius 3 is 2.33 bits per heavy atom. The third kappa shape index (κ3) is 9.48. The first-order valence-corrected chi connectivity index (χ1v) is 14.5. The van der Waals surface area contributed by atoms with Crippen LogP contribution >= 0.6 is 0 Å². The number of H-pyrrole nitrogens is 1. The van der Waals surface area contributed by atoms with Crippen molar-refractivity contribution in [3.05, 3.63) is 96.2 Å². The molecule has 1 aliphatic carbocycles. The Kier molecular flexibility index (Phi) is 11.4. The second-order valence-electron chi connectivity index (χ2n) is 10.8. The number of halogens is 1. The van der Waals surface area contributed by atoms with Crippen LogP contribution in [0.25, 0.3) is 10.9 Å². The fourth-order valence-corrected chi connectivity index (χ4v) is 5.51. The largest absolute Gasteiger partial charge is 0.399 e. The number of nitrogens with zero attached hydrogens (tertiary/aromatic N) is 3. The second kappa shape index (κ2) is 15.4. The van der Waals surface area contributed by atoms with Crippen LogP contribution in [0, 0.1) is 5.95 Å². The van der Waals surface area contributed by atoms with E-state index in [0.29, 0.717) is 0 Å². The van der Waals surface area contributed by atoms with Gasteiger partial charge in [0.05, 0.1) is 0 Å². The molecule has 1 aliphatic rings. The molecule has 0 saturated heterocycles. The van der Waals surface area contributed by atoms with Gasteiger partial charge >= 0.3 is 0 Å². The lowest BCUT2D eigenvalue weighted by atomic mass is 9.94. The van der Waals surface area contributed by atoms with Crippen molar-refractivity contribution < 1.29 is 4.39 Å². The highest BCUT2D eigenvalue weighted by molar-refractivity contribution is 5.82. The van der Waals surface area contributed by atoms with Crippen molar-refractivity contribution in [2.75, 3.05) is 25.9 Å². The van der Waals surface area contributed by atoms with Gasteiger partial charge in [0, 0.05) is 48.1 Å². The summed E-state index contributed by atoms with van der Waals surface area (Å²) in [6, 6.07) is 22.1. The average molecular weight is 530 g/mol. The van der Waals surface area contributed by atoms with E-state index in [1.165, 1.54) is 80.4 Å². The molecule has 6 heteroatoms. The van der Waals surface area contributed by atoms with Crippen molar-refractivity contribution in [1.29, 1.82) is 0 Å². The lowest BCUT2D eigenvalue weighted by Gasteiger charge is -2.31.